The van der Waals surface area contributed by atoms with E-state index in [4.69, 9.17) is 0 Å². The van der Waals surface area contributed by atoms with Gasteiger partial charge in [-0.15, -0.1) is 0 Å². The molecule has 0 atom stereocenters. The van der Waals surface area contributed by atoms with Gasteiger partial charge in [-0.2, -0.15) is 5.10 Å². The fourth-order valence-electron chi connectivity index (χ4n) is 1.85. The lowest BCUT2D eigenvalue weighted by Crippen LogP contribution is -2.04. The van der Waals surface area contributed by atoms with Crippen molar-refractivity contribution < 1.29 is 0 Å². The largest absolute Gasteiger partial charge is 0.356 e. The molecule has 0 saturated heterocycles. The third kappa shape index (κ3) is 2.09. The summed E-state index contributed by atoms with van der Waals surface area (Å²) in [6.07, 6.45) is 1.80. The molecule has 0 radical (unpaired) electrons. The maximum absolute atomic E-state index is 4.58. The fourth-order valence-corrected chi connectivity index (χ4v) is 2.70. The summed E-state index contributed by atoms with van der Waals surface area (Å²) < 4.78 is 3.08. The number of benzene rings is 1. The fraction of sp³-hybridized carbons (Fsp3) is 0.231. The molecule has 2 heterocycles. The van der Waals surface area contributed by atoms with Gasteiger partial charge < -0.3 is 5.32 Å². The first-order valence-electron chi connectivity index (χ1n) is 5.80. The van der Waals surface area contributed by atoms with Crippen molar-refractivity contribution in [3.05, 3.63) is 41.7 Å². The summed E-state index contributed by atoms with van der Waals surface area (Å²) in [7, 11) is 1.94. The Morgan fingerprint density at radius 2 is 2.22 bits per heavy atom. The van der Waals surface area contributed by atoms with Gasteiger partial charge in [0, 0.05) is 13.2 Å². The lowest BCUT2D eigenvalue weighted by Gasteiger charge is -2.02. The number of hydrogen-bond donors (Lipinski definition) is 1. The molecule has 0 saturated carbocycles. The standard InChI is InChI=1S/C13H14N4S/c1-9-3-4-12-11(7-9)16-13(18-12)14-8-10-5-6-15-17(10)2/h3-7H,8H2,1-2H3,(H,14,16). The molecule has 0 aliphatic rings. The van der Waals surface area contributed by atoms with E-state index in [0.29, 0.717) is 0 Å². The summed E-state index contributed by atoms with van der Waals surface area (Å²) in [5.41, 5.74) is 3.45. The zero-order valence-corrected chi connectivity index (χ0v) is 11.2. The minimum Gasteiger partial charge on any atom is -0.356 e. The highest BCUT2D eigenvalue weighted by molar-refractivity contribution is 7.22. The van der Waals surface area contributed by atoms with Crippen LogP contribution >= 0.6 is 11.3 Å². The van der Waals surface area contributed by atoms with E-state index in [1.54, 1.807) is 17.5 Å². The minimum atomic E-state index is 0.745. The average Bonchev–Trinajstić information content (AvgIpc) is 2.92. The summed E-state index contributed by atoms with van der Waals surface area (Å²) in [5, 5.41) is 8.44. The second-order valence-electron chi connectivity index (χ2n) is 4.29. The van der Waals surface area contributed by atoms with E-state index >= 15 is 0 Å². The van der Waals surface area contributed by atoms with Crippen LogP contribution in [0.3, 0.4) is 0 Å². The highest BCUT2D eigenvalue weighted by Gasteiger charge is 2.04. The number of aryl methyl sites for hydroxylation is 2. The van der Waals surface area contributed by atoms with Crippen molar-refractivity contribution in [2.45, 2.75) is 13.5 Å². The molecule has 92 valence electrons. The van der Waals surface area contributed by atoms with Gasteiger partial charge in [0.05, 0.1) is 22.5 Å². The number of rotatable bonds is 3. The SMILES string of the molecule is Cc1ccc2sc(NCc3ccnn3C)nc2c1. The van der Waals surface area contributed by atoms with Gasteiger partial charge in [-0.25, -0.2) is 4.98 Å². The monoisotopic (exact) mass is 258 g/mol. The van der Waals surface area contributed by atoms with Gasteiger partial charge >= 0.3 is 0 Å². The Morgan fingerprint density at radius 1 is 1.33 bits per heavy atom. The van der Waals surface area contributed by atoms with Crippen LogP contribution in [0.5, 0.6) is 0 Å². The summed E-state index contributed by atoms with van der Waals surface area (Å²) in [5.74, 6) is 0. The van der Waals surface area contributed by atoms with E-state index in [1.807, 2.05) is 17.8 Å². The first-order valence-corrected chi connectivity index (χ1v) is 6.62. The number of anilines is 1. The average molecular weight is 258 g/mol. The predicted molar refractivity (Wildman–Crippen MR) is 74.9 cm³/mol. The number of fused-ring (bicyclic) bond motifs is 1. The summed E-state index contributed by atoms with van der Waals surface area (Å²) in [6.45, 7) is 2.83. The van der Waals surface area contributed by atoms with Crippen molar-refractivity contribution in [3.8, 4) is 0 Å². The van der Waals surface area contributed by atoms with Crippen molar-refractivity contribution in [1.29, 1.82) is 0 Å². The molecule has 3 aromatic rings. The van der Waals surface area contributed by atoms with Crippen molar-refractivity contribution in [2.75, 3.05) is 5.32 Å². The van der Waals surface area contributed by atoms with Crippen LogP contribution < -0.4 is 5.32 Å². The van der Waals surface area contributed by atoms with E-state index in [0.717, 1.165) is 22.9 Å². The van der Waals surface area contributed by atoms with Crippen LogP contribution in [0, 0.1) is 6.92 Å². The topological polar surface area (TPSA) is 42.7 Å². The van der Waals surface area contributed by atoms with Gasteiger partial charge in [-0.3, -0.25) is 4.68 Å². The van der Waals surface area contributed by atoms with Crippen LogP contribution in [-0.2, 0) is 13.6 Å². The van der Waals surface area contributed by atoms with Crippen molar-refractivity contribution in [2.24, 2.45) is 7.05 Å². The van der Waals surface area contributed by atoms with E-state index in [1.165, 1.54) is 10.3 Å². The van der Waals surface area contributed by atoms with Crippen LogP contribution in [0.4, 0.5) is 5.13 Å². The van der Waals surface area contributed by atoms with Gasteiger partial charge in [-0.05, 0) is 30.7 Å². The molecule has 0 spiro atoms. The Hall–Kier alpha value is -1.88. The van der Waals surface area contributed by atoms with Crippen molar-refractivity contribution in [3.63, 3.8) is 0 Å². The molecule has 4 nitrogen and oxygen atoms in total. The molecule has 0 bridgehead atoms. The quantitative estimate of drug-likeness (QED) is 0.785. The van der Waals surface area contributed by atoms with E-state index in [2.05, 4.69) is 40.5 Å². The van der Waals surface area contributed by atoms with Gasteiger partial charge in [0.2, 0.25) is 0 Å². The maximum atomic E-state index is 4.58. The molecule has 0 amide bonds. The Morgan fingerprint density at radius 3 is 3.00 bits per heavy atom. The molecular weight excluding hydrogens is 244 g/mol. The van der Waals surface area contributed by atoms with Gasteiger partial charge in [-0.1, -0.05) is 17.4 Å². The smallest absolute Gasteiger partial charge is 0.184 e. The van der Waals surface area contributed by atoms with Gasteiger partial charge in [0.1, 0.15) is 0 Å². The van der Waals surface area contributed by atoms with Gasteiger partial charge in [0.15, 0.2) is 5.13 Å². The van der Waals surface area contributed by atoms with E-state index in [9.17, 15) is 0 Å². The summed E-state index contributed by atoms with van der Waals surface area (Å²) in [4.78, 5) is 4.58. The van der Waals surface area contributed by atoms with Crippen molar-refractivity contribution >= 4 is 26.7 Å². The van der Waals surface area contributed by atoms with Gasteiger partial charge in [0.25, 0.3) is 0 Å². The number of nitrogens with zero attached hydrogens (tertiary/aromatic N) is 3. The lowest BCUT2D eigenvalue weighted by atomic mass is 10.2. The Bertz CT molecular complexity index is 683. The zero-order valence-electron chi connectivity index (χ0n) is 10.3. The number of hydrogen-bond acceptors (Lipinski definition) is 4. The number of aromatic nitrogens is 3. The van der Waals surface area contributed by atoms with E-state index < -0.39 is 0 Å². The Balaban J connectivity index is 1.81. The Kier molecular flexibility index (Phi) is 2.76. The predicted octanol–water partition coefficient (Wildman–Crippen LogP) is 2.95. The van der Waals surface area contributed by atoms with Crippen LogP contribution in [0.15, 0.2) is 30.5 Å². The highest BCUT2D eigenvalue weighted by Crippen LogP contribution is 2.26. The maximum Gasteiger partial charge on any atom is 0.184 e. The number of nitrogens with one attached hydrogen (secondary N) is 1. The molecule has 2 aromatic heterocycles. The number of thiazole rings is 1. The lowest BCUT2D eigenvalue weighted by molar-refractivity contribution is 0.720. The molecule has 0 unspecified atom stereocenters. The van der Waals surface area contributed by atoms with E-state index in [-0.39, 0.29) is 0 Å². The van der Waals surface area contributed by atoms with Crippen LogP contribution in [0.25, 0.3) is 10.2 Å². The molecule has 3 rings (SSSR count). The first-order chi connectivity index (χ1) is 8.72. The normalized spacial score (nSPS) is 11.0. The van der Waals surface area contributed by atoms with Crippen molar-refractivity contribution in [1.82, 2.24) is 14.8 Å². The van der Waals surface area contributed by atoms with Crippen LogP contribution in [0.1, 0.15) is 11.3 Å². The third-order valence-corrected chi connectivity index (χ3v) is 3.88. The summed E-state index contributed by atoms with van der Waals surface area (Å²) in [6, 6.07) is 8.36. The van der Waals surface area contributed by atoms with Crippen LogP contribution in [0.2, 0.25) is 0 Å². The van der Waals surface area contributed by atoms with Crippen LogP contribution in [-0.4, -0.2) is 14.8 Å². The first kappa shape index (κ1) is 11.2. The zero-order chi connectivity index (χ0) is 12.5. The molecule has 18 heavy (non-hydrogen) atoms. The summed E-state index contributed by atoms with van der Waals surface area (Å²) >= 11 is 1.68. The molecule has 0 aliphatic heterocycles. The molecule has 5 heteroatoms. The molecule has 1 aromatic carbocycles. The molecule has 1 N–H and O–H groups in total. The highest BCUT2D eigenvalue weighted by atomic mass is 32.1. The molecule has 0 aliphatic carbocycles. The third-order valence-electron chi connectivity index (χ3n) is 2.89. The second kappa shape index (κ2) is 4.42. The second-order valence-corrected chi connectivity index (χ2v) is 5.32. The Labute approximate surface area is 109 Å². The molecule has 0 fully saturated rings. The minimum absolute atomic E-state index is 0.745. The molecular formula is C13H14N4S.